The van der Waals surface area contributed by atoms with E-state index in [1.165, 1.54) is 18.7 Å². The van der Waals surface area contributed by atoms with Gasteiger partial charge in [-0.15, -0.1) is 0 Å². The molecule has 0 saturated heterocycles. The van der Waals surface area contributed by atoms with Crippen LogP contribution < -0.4 is 0 Å². The van der Waals surface area contributed by atoms with Crippen molar-refractivity contribution in [3.05, 3.63) is 52.8 Å². The third-order valence-corrected chi connectivity index (χ3v) is 2.44. The van der Waals surface area contributed by atoms with Crippen molar-refractivity contribution in [3.8, 4) is 0 Å². The number of pyridine rings is 1. The van der Waals surface area contributed by atoms with E-state index in [9.17, 15) is 4.79 Å². The van der Waals surface area contributed by atoms with Gasteiger partial charge in [0, 0.05) is 35.7 Å². The van der Waals surface area contributed by atoms with Gasteiger partial charge in [0.2, 0.25) is 0 Å². The van der Waals surface area contributed by atoms with E-state index < -0.39 is 0 Å². The van der Waals surface area contributed by atoms with E-state index in [-0.39, 0.29) is 5.78 Å². The highest BCUT2D eigenvalue weighted by molar-refractivity contribution is 9.10. The van der Waals surface area contributed by atoms with Gasteiger partial charge in [-0.25, -0.2) is 9.97 Å². The summed E-state index contributed by atoms with van der Waals surface area (Å²) in [7, 11) is 0. The summed E-state index contributed by atoms with van der Waals surface area (Å²) in [4.78, 5) is 23.4. The van der Waals surface area contributed by atoms with Gasteiger partial charge in [0.15, 0.2) is 5.78 Å². The van der Waals surface area contributed by atoms with Crippen LogP contribution in [0.1, 0.15) is 15.9 Å². The van der Waals surface area contributed by atoms with Crippen molar-refractivity contribution in [3.63, 3.8) is 0 Å². The fourth-order valence-corrected chi connectivity index (χ4v) is 1.70. The summed E-state index contributed by atoms with van der Waals surface area (Å²) >= 11 is 3.31. The molecule has 0 radical (unpaired) electrons. The first-order chi connectivity index (χ1) is 7.75. The summed E-state index contributed by atoms with van der Waals surface area (Å²) in [5, 5.41) is 0. The standard InChI is InChI=1S/C11H8BrN3O/c12-10-1-8(3-13-6-10)2-11(16)9-4-14-7-15-5-9/h1,3-7H,2H2. The van der Waals surface area contributed by atoms with Crippen LogP contribution in [-0.2, 0) is 6.42 Å². The molecule has 0 spiro atoms. The number of halogens is 1. The van der Waals surface area contributed by atoms with Crippen LogP contribution in [0.5, 0.6) is 0 Å². The molecule has 0 atom stereocenters. The average Bonchev–Trinajstić information content (AvgIpc) is 2.30. The smallest absolute Gasteiger partial charge is 0.170 e. The van der Waals surface area contributed by atoms with Crippen LogP contribution in [0.2, 0.25) is 0 Å². The Morgan fingerprint density at radius 2 is 1.88 bits per heavy atom. The minimum Gasteiger partial charge on any atom is -0.294 e. The summed E-state index contributed by atoms with van der Waals surface area (Å²) in [6.07, 6.45) is 8.09. The molecule has 0 aliphatic rings. The first-order valence-electron chi connectivity index (χ1n) is 4.63. The van der Waals surface area contributed by atoms with Gasteiger partial charge in [-0.05, 0) is 27.6 Å². The zero-order chi connectivity index (χ0) is 11.4. The lowest BCUT2D eigenvalue weighted by atomic mass is 10.1. The summed E-state index contributed by atoms with van der Waals surface area (Å²) in [5.74, 6) is -0.0134. The fraction of sp³-hybridized carbons (Fsp3) is 0.0909. The second-order valence-electron chi connectivity index (χ2n) is 3.24. The zero-order valence-corrected chi connectivity index (χ0v) is 9.89. The van der Waals surface area contributed by atoms with Crippen molar-refractivity contribution in [1.82, 2.24) is 15.0 Å². The number of aromatic nitrogens is 3. The van der Waals surface area contributed by atoms with Gasteiger partial charge < -0.3 is 0 Å². The molecule has 16 heavy (non-hydrogen) atoms. The molecule has 0 aliphatic heterocycles. The van der Waals surface area contributed by atoms with Gasteiger partial charge in [0.1, 0.15) is 6.33 Å². The van der Waals surface area contributed by atoms with Crippen molar-refractivity contribution < 1.29 is 4.79 Å². The molecule has 0 bridgehead atoms. The molecular formula is C11H8BrN3O. The molecule has 2 aromatic rings. The van der Waals surface area contributed by atoms with Crippen LogP contribution in [0.4, 0.5) is 0 Å². The van der Waals surface area contributed by atoms with Crippen LogP contribution >= 0.6 is 15.9 Å². The summed E-state index contributed by atoms with van der Waals surface area (Å²) in [5.41, 5.74) is 1.38. The summed E-state index contributed by atoms with van der Waals surface area (Å²) in [6, 6.07) is 1.87. The molecule has 0 aromatic carbocycles. The highest BCUT2D eigenvalue weighted by atomic mass is 79.9. The van der Waals surface area contributed by atoms with Crippen molar-refractivity contribution in [1.29, 1.82) is 0 Å². The van der Waals surface area contributed by atoms with Gasteiger partial charge in [-0.3, -0.25) is 9.78 Å². The van der Waals surface area contributed by atoms with Crippen molar-refractivity contribution in [2.75, 3.05) is 0 Å². The number of carbonyl (C=O) groups excluding carboxylic acids is 1. The molecule has 0 amide bonds. The highest BCUT2D eigenvalue weighted by Gasteiger charge is 2.07. The maximum atomic E-state index is 11.8. The zero-order valence-electron chi connectivity index (χ0n) is 8.30. The van der Waals surface area contributed by atoms with Gasteiger partial charge in [0.25, 0.3) is 0 Å². The molecule has 0 saturated carbocycles. The third kappa shape index (κ3) is 2.70. The van der Waals surface area contributed by atoms with E-state index in [2.05, 4.69) is 30.9 Å². The molecule has 2 rings (SSSR count). The minimum atomic E-state index is -0.0134. The maximum Gasteiger partial charge on any atom is 0.170 e. The quantitative estimate of drug-likeness (QED) is 0.806. The topological polar surface area (TPSA) is 55.7 Å². The van der Waals surface area contributed by atoms with Crippen LogP contribution in [0, 0.1) is 0 Å². The summed E-state index contributed by atoms with van der Waals surface area (Å²) in [6.45, 7) is 0. The Labute approximate surface area is 101 Å². The molecule has 80 valence electrons. The van der Waals surface area contributed by atoms with Crippen molar-refractivity contribution in [2.24, 2.45) is 0 Å². The van der Waals surface area contributed by atoms with E-state index in [1.807, 2.05) is 6.07 Å². The first kappa shape index (κ1) is 10.9. The Kier molecular flexibility index (Phi) is 3.36. The van der Waals surface area contributed by atoms with Crippen molar-refractivity contribution in [2.45, 2.75) is 6.42 Å². The average molecular weight is 278 g/mol. The predicted molar refractivity (Wildman–Crippen MR) is 62.0 cm³/mol. The molecule has 0 fully saturated rings. The first-order valence-corrected chi connectivity index (χ1v) is 5.42. The number of rotatable bonds is 3. The van der Waals surface area contributed by atoms with E-state index in [4.69, 9.17) is 0 Å². The molecule has 2 aromatic heterocycles. The van der Waals surface area contributed by atoms with Gasteiger partial charge >= 0.3 is 0 Å². The largest absolute Gasteiger partial charge is 0.294 e. The molecule has 4 nitrogen and oxygen atoms in total. The Balaban J connectivity index is 2.14. The number of hydrogen-bond donors (Lipinski definition) is 0. The lowest BCUT2D eigenvalue weighted by Crippen LogP contribution is -2.04. The normalized spacial score (nSPS) is 10.1. The number of Topliss-reactive ketones (excluding diaryl/α,β-unsaturated/α-hetero) is 1. The number of nitrogens with zero attached hydrogens (tertiary/aromatic N) is 3. The van der Waals surface area contributed by atoms with Crippen LogP contribution in [0.25, 0.3) is 0 Å². The monoisotopic (exact) mass is 277 g/mol. The molecule has 5 heteroatoms. The van der Waals surface area contributed by atoms with Gasteiger partial charge in [-0.1, -0.05) is 0 Å². The van der Waals surface area contributed by atoms with Crippen LogP contribution in [0.15, 0.2) is 41.7 Å². The Bertz CT molecular complexity index is 502. The number of carbonyl (C=O) groups is 1. The second-order valence-corrected chi connectivity index (χ2v) is 4.15. The minimum absolute atomic E-state index is 0.0134. The predicted octanol–water partition coefficient (Wildman–Crippen LogP) is 2.06. The van der Waals surface area contributed by atoms with Gasteiger partial charge in [0.05, 0.1) is 5.56 Å². The van der Waals surface area contributed by atoms with E-state index in [1.54, 1.807) is 12.4 Å². The lowest BCUT2D eigenvalue weighted by molar-refractivity contribution is 0.0992. The van der Waals surface area contributed by atoms with E-state index in [0.717, 1.165) is 10.0 Å². The molecule has 0 unspecified atom stereocenters. The lowest BCUT2D eigenvalue weighted by Gasteiger charge is -2.00. The molecule has 0 N–H and O–H groups in total. The SMILES string of the molecule is O=C(Cc1cncc(Br)c1)c1cncnc1. The van der Waals surface area contributed by atoms with E-state index >= 15 is 0 Å². The van der Waals surface area contributed by atoms with Crippen molar-refractivity contribution >= 4 is 21.7 Å². The Hall–Kier alpha value is -1.62. The molecular weight excluding hydrogens is 270 g/mol. The molecule has 2 heterocycles. The second kappa shape index (κ2) is 4.94. The Morgan fingerprint density at radius 3 is 2.56 bits per heavy atom. The van der Waals surface area contributed by atoms with Gasteiger partial charge in [-0.2, -0.15) is 0 Å². The third-order valence-electron chi connectivity index (χ3n) is 2.01. The summed E-state index contributed by atoms with van der Waals surface area (Å²) < 4.78 is 0.863. The molecule has 0 aliphatic carbocycles. The Morgan fingerprint density at radius 1 is 1.12 bits per heavy atom. The highest BCUT2D eigenvalue weighted by Crippen LogP contribution is 2.11. The van der Waals surface area contributed by atoms with Crippen LogP contribution in [0.3, 0.4) is 0 Å². The van der Waals surface area contributed by atoms with Crippen LogP contribution in [-0.4, -0.2) is 20.7 Å². The fourth-order valence-electron chi connectivity index (χ4n) is 1.28. The number of ketones is 1. The van der Waals surface area contributed by atoms with E-state index in [0.29, 0.717) is 12.0 Å². The maximum absolute atomic E-state index is 11.8. The number of hydrogen-bond acceptors (Lipinski definition) is 4.